The minimum Gasteiger partial charge on any atom is -0.489 e. The Morgan fingerprint density at radius 3 is 2.83 bits per heavy atom. The fraction of sp³-hybridized carbons (Fsp3) is 0.389. The van der Waals surface area contributed by atoms with E-state index in [4.69, 9.17) is 16.2 Å². The first-order valence-corrected chi connectivity index (χ1v) is 10.7. The average molecular weight is 417 g/mol. The van der Waals surface area contributed by atoms with E-state index in [1.807, 2.05) is 13.8 Å². The summed E-state index contributed by atoms with van der Waals surface area (Å²) in [4.78, 5) is 8.76. The molecule has 0 bridgehead atoms. The molecule has 0 radical (unpaired) electrons. The van der Waals surface area contributed by atoms with Gasteiger partial charge in [0.25, 0.3) is 10.0 Å². The van der Waals surface area contributed by atoms with Crippen LogP contribution in [0, 0.1) is 0 Å². The molecule has 1 fully saturated rings. The van der Waals surface area contributed by atoms with Gasteiger partial charge in [-0.05, 0) is 32.8 Å². The van der Waals surface area contributed by atoms with Crippen molar-refractivity contribution < 1.29 is 13.2 Å². The minimum atomic E-state index is -3.46. The zero-order valence-electron chi connectivity index (χ0n) is 16.1. The molecule has 2 aliphatic rings. The van der Waals surface area contributed by atoms with Crippen LogP contribution in [0.1, 0.15) is 32.4 Å². The molecule has 0 spiro atoms. The third-order valence-corrected chi connectivity index (χ3v) is 6.61. The number of ether oxygens (including phenoxy) is 1. The van der Waals surface area contributed by atoms with Gasteiger partial charge in [-0.15, -0.1) is 0 Å². The first kappa shape index (κ1) is 19.4. The van der Waals surface area contributed by atoms with Gasteiger partial charge in [0.05, 0.1) is 40.7 Å². The molecule has 4 rings (SSSR count). The normalized spacial score (nSPS) is 22.1. The summed E-state index contributed by atoms with van der Waals surface area (Å²) < 4.78 is 31.4. The summed E-state index contributed by atoms with van der Waals surface area (Å²) in [7, 11) is -3.46. The number of hydrogen-bond acceptors (Lipinski definition) is 9. The van der Waals surface area contributed by atoms with Crippen LogP contribution in [0.5, 0.6) is 0 Å². The predicted molar refractivity (Wildman–Crippen MR) is 106 cm³/mol. The second kappa shape index (κ2) is 6.85. The molecule has 1 atom stereocenters. The summed E-state index contributed by atoms with van der Waals surface area (Å²) in [5.41, 5.74) is 12.7. The summed E-state index contributed by atoms with van der Waals surface area (Å²) in [5.74, 6) is 0.776. The number of hydrogen-bond donors (Lipinski definition) is 3. The molecule has 29 heavy (non-hydrogen) atoms. The zero-order valence-corrected chi connectivity index (χ0v) is 16.9. The summed E-state index contributed by atoms with van der Waals surface area (Å²) in [6, 6.07) is 1.67. The summed E-state index contributed by atoms with van der Waals surface area (Å²) in [5, 5.41) is 6.65. The highest BCUT2D eigenvalue weighted by Gasteiger charge is 2.38. The molecule has 2 aromatic rings. The van der Waals surface area contributed by atoms with E-state index in [1.165, 1.54) is 12.4 Å². The highest BCUT2D eigenvalue weighted by molar-refractivity contribution is 7.90. The number of nitrogens with zero attached hydrogens (tertiary/aromatic N) is 4. The average Bonchev–Trinajstić information content (AvgIpc) is 3.42. The van der Waals surface area contributed by atoms with Crippen LogP contribution in [0.3, 0.4) is 0 Å². The van der Waals surface area contributed by atoms with Crippen molar-refractivity contribution in [3.05, 3.63) is 54.1 Å². The van der Waals surface area contributed by atoms with Crippen molar-refractivity contribution in [2.24, 2.45) is 11.5 Å². The van der Waals surface area contributed by atoms with Crippen LogP contribution in [0.2, 0.25) is 0 Å². The van der Waals surface area contributed by atoms with Crippen LogP contribution in [-0.2, 0) is 20.4 Å². The fourth-order valence-electron chi connectivity index (χ4n) is 2.91. The fourth-order valence-corrected chi connectivity index (χ4v) is 4.39. The van der Waals surface area contributed by atoms with E-state index >= 15 is 0 Å². The van der Waals surface area contributed by atoms with E-state index in [1.54, 1.807) is 24.5 Å². The first-order chi connectivity index (χ1) is 13.7. The van der Waals surface area contributed by atoms with Crippen LogP contribution in [0.4, 0.5) is 0 Å². The molecule has 5 N–H and O–H groups in total. The van der Waals surface area contributed by atoms with Gasteiger partial charge in [0, 0.05) is 18.5 Å². The largest absolute Gasteiger partial charge is 0.489 e. The van der Waals surface area contributed by atoms with Gasteiger partial charge in [-0.25, -0.2) is 18.4 Å². The Hall–Kier alpha value is -2.92. The molecular formula is C18H23N7O3S. The molecule has 10 nitrogen and oxygen atoms in total. The molecule has 0 aromatic carbocycles. The minimum absolute atomic E-state index is 0.0734. The maximum absolute atomic E-state index is 12.3. The molecule has 3 heterocycles. The van der Waals surface area contributed by atoms with Crippen LogP contribution in [-0.4, -0.2) is 38.9 Å². The molecule has 1 aliphatic carbocycles. The van der Waals surface area contributed by atoms with Crippen molar-refractivity contribution in [1.82, 2.24) is 24.5 Å². The highest BCUT2D eigenvalue weighted by atomic mass is 32.2. The third kappa shape index (κ3) is 3.70. The quantitative estimate of drug-likeness (QED) is 0.610. The lowest BCUT2D eigenvalue weighted by molar-refractivity contribution is 0.147. The summed E-state index contributed by atoms with van der Waals surface area (Å²) >= 11 is 0. The van der Waals surface area contributed by atoms with Crippen molar-refractivity contribution in [2.45, 2.75) is 43.7 Å². The first-order valence-electron chi connectivity index (χ1n) is 9.24. The van der Waals surface area contributed by atoms with Crippen molar-refractivity contribution in [1.29, 1.82) is 0 Å². The lowest BCUT2D eigenvalue weighted by atomic mass is 10.0. The smallest absolute Gasteiger partial charge is 0.256 e. The maximum Gasteiger partial charge on any atom is 0.256 e. The van der Waals surface area contributed by atoms with Gasteiger partial charge in [-0.2, -0.15) is 9.19 Å². The Labute approximate surface area is 168 Å². The number of aromatic nitrogens is 4. The lowest BCUT2D eigenvalue weighted by Gasteiger charge is -2.31. The summed E-state index contributed by atoms with van der Waals surface area (Å²) in [6.45, 7) is 3.79. The van der Waals surface area contributed by atoms with Gasteiger partial charge in [0.15, 0.2) is 11.5 Å². The molecule has 0 saturated heterocycles. The van der Waals surface area contributed by atoms with Crippen molar-refractivity contribution in [3.63, 3.8) is 0 Å². The topological polar surface area (TPSA) is 151 Å². The van der Waals surface area contributed by atoms with Gasteiger partial charge in [0.1, 0.15) is 5.76 Å². The van der Waals surface area contributed by atoms with E-state index < -0.39 is 15.7 Å². The second-order valence-electron chi connectivity index (χ2n) is 7.40. The van der Waals surface area contributed by atoms with Gasteiger partial charge in [-0.3, -0.25) is 0 Å². The number of nitrogens with two attached hydrogens (primary N) is 2. The Morgan fingerprint density at radius 2 is 2.14 bits per heavy atom. The van der Waals surface area contributed by atoms with Gasteiger partial charge < -0.3 is 21.5 Å². The number of nitrogens with one attached hydrogen (secondary N) is 1. The van der Waals surface area contributed by atoms with Crippen LogP contribution in [0.15, 0.2) is 48.4 Å². The molecule has 2 aromatic heterocycles. The molecule has 1 unspecified atom stereocenters. The molecule has 1 aliphatic heterocycles. The van der Waals surface area contributed by atoms with Crippen LogP contribution >= 0.6 is 0 Å². The monoisotopic (exact) mass is 417 g/mol. The molecule has 11 heteroatoms. The Kier molecular flexibility index (Phi) is 4.58. The summed E-state index contributed by atoms with van der Waals surface area (Å²) in [6.07, 6.45) is 8.89. The van der Waals surface area contributed by atoms with Crippen LogP contribution < -0.4 is 16.8 Å². The van der Waals surface area contributed by atoms with Crippen molar-refractivity contribution >= 4 is 10.0 Å². The Balaban J connectivity index is 1.66. The van der Waals surface area contributed by atoms with E-state index in [2.05, 4.69) is 20.4 Å². The third-order valence-electron chi connectivity index (χ3n) is 4.58. The van der Waals surface area contributed by atoms with Crippen LogP contribution in [0.25, 0.3) is 11.4 Å². The Morgan fingerprint density at radius 1 is 1.38 bits per heavy atom. The van der Waals surface area contributed by atoms with Gasteiger partial charge in [0.2, 0.25) is 0 Å². The molecule has 0 amide bonds. The van der Waals surface area contributed by atoms with E-state index in [0.29, 0.717) is 41.4 Å². The highest BCUT2D eigenvalue weighted by Crippen LogP contribution is 2.30. The molecule has 154 valence electrons. The Bertz CT molecular complexity index is 1100. The predicted octanol–water partition coefficient (Wildman–Crippen LogP) is 0.504. The van der Waals surface area contributed by atoms with E-state index in [-0.39, 0.29) is 11.4 Å². The second-order valence-corrected chi connectivity index (χ2v) is 9.47. The lowest BCUT2D eigenvalue weighted by Crippen LogP contribution is -2.49. The van der Waals surface area contributed by atoms with E-state index in [9.17, 15) is 8.42 Å². The van der Waals surface area contributed by atoms with Gasteiger partial charge >= 0.3 is 0 Å². The van der Waals surface area contributed by atoms with Gasteiger partial charge in [-0.1, -0.05) is 0 Å². The number of rotatable bonds is 6. The molecular weight excluding hydrogens is 394 g/mol. The molecule has 1 saturated carbocycles. The standard InChI is InChI=1S/C18H23N7O3S/c1-11(2)28-15-7-18(20,22-9-14(15)19)16-5-6-21-17(24-16)12-8-23-25(10-12)29(26,27)13-3-4-13/h5-11,13,22H,3-4,19-20H2,1-2H3. The number of dihydropyridines is 1. The van der Waals surface area contributed by atoms with E-state index in [0.717, 1.165) is 4.09 Å². The zero-order chi connectivity index (χ0) is 20.8. The van der Waals surface area contributed by atoms with Crippen molar-refractivity contribution in [3.8, 4) is 11.4 Å². The maximum atomic E-state index is 12.3. The van der Waals surface area contributed by atoms with Crippen molar-refractivity contribution in [2.75, 3.05) is 0 Å². The SMILES string of the molecule is CC(C)OC1=CC(N)(c2ccnc(-c3cnn(S(=O)(=O)C4CC4)c3)n2)NC=C1N.